The van der Waals surface area contributed by atoms with E-state index < -0.39 is 0 Å². The molecule has 1 atom stereocenters. The second-order valence-corrected chi connectivity index (χ2v) is 5.08. The van der Waals surface area contributed by atoms with Gasteiger partial charge in [0.05, 0.1) is 5.56 Å². The van der Waals surface area contributed by atoms with Gasteiger partial charge >= 0.3 is 0 Å². The Morgan fingerprint density at radius 1 is 1.42 bits per heavy atom. The summed E-state index contributed by atoms with van der Waals surface area (Å²) in [4.78, 5) is 12.3. The lowest BCUT2D eigenvalue weighted by atomic mass is 10.1. The van der Waals surface area contributed by atoms with Gasteiger partial charge in [0.2, 0.25) is 0 Å². The van der Waals surface area contributed by atoms with Gasteiger partial charge in [-0.2, -0.15) is 0 Å². The van der Waals surface area contributed by atoms with Gasteiger partial charge in [0, 0.05) is 18.0 Å². The third-order valence-electron chi connectivity index (χ3n) is 3.67. The van der Waals surface area contributed by atoms with Crippen LogP contribution in [0.5, 0.6) is 0 Å². The molecule has 0 aliphatic heterocycles. The van der Waals surface area contributed by atoms with Gasteiger partial charge in [-0.25, -0.2) is 0 Å². The van der Waals surface area contributed by atoms with Crippen LogP contribution in [-0.4, -0.2) is 23.7 Å². The monoisotopic (exact) mass is 259 g/mol. The number of aliphatic hydroxyl groups is 1. The van der Waals surface area contributed by atoms with Crippen molar-refractivity contribution in [3.63, 3.8) is 0 Å². The third-order valence-corrected chi connectivity index (χ3v) is 3.67. The van der Waals surface area contributed by atoms with Crippen molar-refractivity contribution in [2.24, 2.45) is 5.92 Å². The lowest BCUT2D eigenvalue weighted by Gasteiger charge is -2.16. The van der Waals surface area contributed by atoms with E-state index in [1.54, 1.807) is 0 Å². The lowest BCUT2D eigenvalue weighted by Crippen LogP contribution is -2.37. The van der Waals surface area contributed by atoms with Gasteiger partial charge in [-0.1, -0.05) is 18.2 Å². The van der Waals surface area contributed by atoms with Crippen molar-refractivity contribution in [2.75, 3.05) is 6.61 Å². The van der Waals surface area contributed by atoms with Gasteiger partial charge in [-0.3, -0.25) is 4.79 Å². The van der Waals surface area contributed by atoms with Crippen LogP contribution in [0.1, 0.15) is 29.6 Å². The smallest absolute Gasteiger partial charge is 0.255 e. The Balaban J connectivity index is 1.79. The molecule has 1 aromatic carbocycles. The van der Waals surface area contributed by atoms with Crippen LogP contribution in [0.15, 0.2) is 34.9 Å². The van der Waals surface area contributed by atoms with Gasteiger partial charge in [-0.15, -0.1) is 0 Å². The molecule has 0 saturated heterocycles. The quantitative estimate of drug-likeness (QED) is 0.866. The molecule has 1 unspecified atom stereocenters. The van der Waals surface area contributed by atoms with E-state index in [1.165, 1.54) is 6.26 Å². The highest BCUT2D eigenvalue weighted by Crippen LogP contribution is 2.34. The molecule has 2 aromatic rings. The number of furan rings is 1. The lowest BCUT2D eigenvalue weighted by molar-refractivity contribution is 0.0925. The van der Waals surface area contributed by atoms with Gasteiger partial charge in [0.15, 0.2) is 0 Å². The first-order valence-electron chi connectivity index (χ1n) is 6.67. The number of hydrogen-bond donors (Lipinski definition) is 2. The molecule has 4 heteroatoms. The first kappa shape index (κ1) is 12.2. The fourth-order valence-corrected chi connectivity index (χ4v) is 2.46. The molecule has 1 aliphatic rings. The van der Waals surface area contributed by atoms with E-state index in [1.807, 2.05) is 24.3 Å². The maximum atomic E-state index is 12.3. The summed E-state index contributed by atoms with van der Waals surface area (Å²) in [6.07, 6.45) is 4.39. The molecule has 1 aromatic heterocycles. The first-order valence-corrected chi connectivity index (χ1v) is 6.67. The Bertz CT molecular complexity index is 586. The predicted octanol–water partition coefficient (Wildman–Crippen LogP) is 2.32. The maximum Gasteiger partial charge on any atom is 0.255 e. The molecule has 1 fully saturated rings. The standard InChI is InChI=1S/C15H17NO3/c17-8-7-13(10-5-6-10)16-15(18)12-9-19-14-4-2-1-3-11(12)14/h1-4,9-10,13,17H,5-8H2,(H,16,18). The molecular weight excluding hydrogens is 242 g/mol. The van der Waals surface area contributed by atoms with Crippen LogP contribution in [0.25, 0.3) is 11.0 Å². The molecule has 0 radical (unpaired) electrons. The van der Waals surface area contributed by atoms with Crippen molar-refractivity contribution in [1.29, 1.82) is 0 Å². The summed E-state index contributed by atoms with van der Waals surface area (Å²) in [6.45, 7) is 0.105. The summed E-state index contributed by atoms with van der Waals surface area (Å²) in [5, 5.41) is 12.9. The Morgan fingerprint density at radius 2 is 2.21 bits per heavy atom. The van der Waals surface area contributed by atoms with Crippen LogP contribution in [0.4, 0.5) is 0 Å². The summed E-state index contributed by atoms with van der Waals surface area (Å²) in [7, 11) is 0. The van der Waals surface area contributed by atoms with Crippen LogP contribution in [0, 0.1) is 5.92 Å². The predicted molar refractivity (Wildman–Crippen MR) is 71.9 cm³/mol. The van der Waals surface area contributed by atoms with Crippen molar-refractivity contribution in [3.05, 3.63) is 36.1 Å². The average Bonchev–Trinajstić information content (AvgIpc) is 3.17. The second-order valence-electron chi connectivity index (χ2n) is 5.08. The molecule has 1 saturated carbocycles. The zero-order chi connectivity index (χ0) is 13.2. The molecular formula is C15H17NO3. The number of para-hydroxylation sites is 1. The number of hydrogen-bond acceptors (Lipinski definition) is 3. The van der Waals surface area contributed by atoms with E-state index in [0.29, 0.717) is 17.9 Å². The van der Waals surface area contributed by atoms with E-state index in [-0.39, 0.29) is 18.6 Å². The van der Waals surface area contributed by atoms with Crippen LogP contribution in [0.3, 0.4) is 0 Å². The number of carbonyl (C=O) groups excluding carboxylic acids is 1. The summed E-state index contributed by atoms with van der Waals surface area (Å²) in [6, 6.07) is 7.57. The minimum absolute atomic E-state index is 0.0752. The van der Waals surface area contributed by atoms with Crippen LogP contribution < -0.4 is 5.32 Å². The summed E-state index contributed by atoms with van der Waals surface area (Å²) >= 11 is 0. The zero-order valence-electron chi connectivity index (χ0n) is 10.6. The highest BCUT2D eigenvalue weighted by molar-refractivity contribution is 6.06. The number of nitrogens with one attached hydrogen (secondary N) is 1. The number of amides is 1. The zero-order valence-corrected chi connectivity index (χ0v) is 10.6. The van der Waals surface area contributed by atoms with Crippen molar-refractivity contribution >= 4 is 16.9 Å². The Hall–Kier alpha value is -1.81. The minimum Gasteiger partial charge on any atom is -0.463 e. The average molecular weight is 259 g/mol. The maximum absolute atomic E-state index is 12.3. The van der Waals surface area contributed by atoms with Crippen LogP contribution in [0.2, 0.25) is 0 Å². The topological polar surface area (TPSA) is 62.5 Å². The van der Waals surface area contributed by atoms with E-state index in [9.17, 15) is 4.79 Å². The molecule has 1 amide bonds. The molecule has 4 nitrogen and oxygen atoms in total. The van der Waals surface area contributed by atoms with Gasteiger partial charge in [0.1, 0.15) is 11.8 Å². The van der Waals surface area contributed by atoms with E-state index in [0.717, 1.165) is 23.8 Å². The molecule has 1 heterocycles. The van der Waals surface area contributed by atoms with Crippen molar-refractivity contribution < 1.29 is 14.3 Å². The van der Waals surface area contributed by atoms with Crippen LogP contribution >= 0.6 is 0 Å². The number of rotatable bonds is 5. The SMILES string of the molecule is O=C(NC(CCO)C1CC1)c1coc2ccccc12. The van der Waals surface area contributed by atoms with Crippen molar-refractivity contribution in [1.82, 2.24) is 5.32 Å². The molecule has 0 spiro atoms. The van der Waals surface area contributed by atoms with Gasteiger partial charge in [0.25, 0.3) is 5.91 Å². The largest absolute Gasteiger partial charge is 0.463 e. The fourth-order valence-electron chi connectivity index (χ4n) is 2.46. The van der Waals surface area contributed by atoms with Crippen LogP contribution in [-0.2, 0) is 0 Å². The summed E-state index contributed by atoms with van der Waals surface area (Å²) in [5.74, 6) is 0.407. The van der Waals surface area contributed by atoms with Gasteiger partial charge < -0.3 is 14.8 Å². The highest BCUT2D eigenvalue weighted by atomic mass is 16.3. The summed E-state index contributed by atoms with van der Waals surface area (Å²) < 4.78 is 5.38. The normalized spacial score (nSPS) is 16.5. The Morgan fingerprint density at radius 3 is 2.95 bits per heavy atom. The fraction of sp³-hybridized carbons (Fsp3) is 0.400. The molecule has 3 rings (SSSR count). The number of benzene rings is 1. The summed E-state index contributed by atoms with van der Waals surface area (Å²) in [5.41, 5.74) is 1.29. The van der Waals surface area contributed by atoms with E-state index in [4.69, 9.17) is 9.52 Å². The van der Waals surface area contributed by atoms with Gasteiger partial charge in [-0.05, 0) is 31.2 Å². The Labute approximate surface area is 111 Å². The second kappa shape index (κ2) is 5.05. The number of aliphatic hydroxyl groups excluding tert-OH is 1. The van der Waals surface area contributed by atoms with Crippen molar-refractivity contribution in [2.45, 2.75) is 25.3 Å². The number of fused-ring (bicyclic) bond motifs is 1. The highest BCUT2D eigenvalue weighted by Gasteiger charge is 2.32. The molecule has 0 bridgehead atoms. The molecule has 19 heavy (non-hydrogen) atoms. The number of carbonyl (C=O) groups is 1. The van der Waals surface area contributed by atoms with Crippen molar-refractivity contribution in [3.8, 4) is 0 Å². The first-order chi connectivity index (χ1) is 9.29. The minimum atomic E-state index is -0.115. The molecule has 1 aliphatic carbocycles. The molecule has 100 valence electrons. The molecule has 2 N–H and O–H groups in total. The third kappa shape index (κ3) is 2.49. The Kier molecular flexibility index (Phi) is 3.25. The van der Waals surface area contributed by atoms with E-state index in [2.05, 4.69) is 5.32 Å². The van der Waals surface area contributed by atoms with E-state index >= 15 is 0 Å².